The third kappa shape index (κ3) is 3.59. The average Bonchev–Trinajstić information content (AvgIpc) is 2.17. The molecule has 1 rings (SSSR count). The summed E-state index contributed by atoms with van der Waals surface area (Å²) >= 11 is 15.6. The second-order valence-corrected chi connectivity index (χ2v) is 4.27. The molecule has 1 N–H and O–H groups in total. The molecule has 0 aliphatic heterocycles. The zero-order valence-corrected chi connectivity index (χ0v) is 10.5. The van der Waals surface area contributed by atoms with E-state index in [0.717, 1.165) is 5.56 Å². The standard InChI is InChI=1S/C10H11Cl2NOS/c1-6(13-10(14)5-15)8-3-2-7(11)4-9(8)12/h2-4,6,15H,5H2,1H3,(H,13,14). The number of nitrogens with one attached hydrogen (secondary N) is 1. The van der Waals surface area contributed by atoms with Gasteiger partial charge in [0.2, 0.25) is 5.91 Å². The van der Waals surface area contributed by atoms with E-state index in [1.54, 1.807) is 18.2 Å². The van der Waals surface area contributed by atoms with Gasteiger partial charge >= 0.3 is 0 Å². The molecule has 0 spiro atoms. The lowest BCUT2D eigenvalue weighted by Gasteiger charge is -2.15. The zero-order valence-electron chi connectivity index (χ0n) is 8.13. The topological polar surface area (TPSA) is 29.1 Å². The maximum Gasteiger partial charge on any atom is 0.230 e. The SMILES string of the molecule is CC(NC(=O)CS)c1ccc(Cl)cc1Cl. The number of amides is 1. The Morgan fingerprint density at radius 2 is 2.20 bits per heavy atom. The Hall–Kier alpha value is -0.380. The normalized spacial score (nSPS) is 12.3. The van der Waals surface area contributed by atoms with Crippen molar-refractivity contribution < 1.29 is 4.79 Å². The van der Waals surface area contributed by atoms with Crippen LogP contribution in [0.25, 0.3) is 0 Å². The average molecular weight is 264 g/mol. The molecule has 0 saturated carbocycles. The van der Waals surface area contributed by atoms with Crippen molar-refractivity contribution in [2.45, 2.75) is 13.0 Å². The zero-order chi connectivity index (χ0) is 11.4. The Balaban J connectivity index is 2.82. The van der Waals surface area contributed by atoms with E-state index in [9.17, 15) is 4.79 Å². The van der Waals surface area contributed by atoms with E-state index in [2.05, 4.69) is 17.9 Å². The number of benzene rings is 1. The summed E-state index contributed by atoms with van der Waals surface area (Å²) in [6.45, 7) is 1.86. The van der Waals surface area contributed by atoms with Crippen LogP contribution < -0.4 is 5.32 Å². The number of halogens is 2. The third-order valence-electron chi connectivity index (χ3n) is 1.95. The van der Waals surface area contributed by atoms with Crippen LogP contribution in [-0.2, 0) is 4.79 Å². The Labute approximate surface area is 104 Å². The second-order valence-electron chi connectivity index (χ2n) is 3.11. The lowest BCUT2D eigenvalue weighted by atomic mass is 10.1. The first kappa shape index (κ1) is 12.7. The second kappa shape index (κ2) is 5.64. The molecule has 15 heavy (non-hydrogen) atoms. The molecule has 0 heterocycles. The molecule has 1 aromatic rings. The maximum atomic E-state index is 11.1. The van der Waals surface area contributed by atoms with E-state index in [4.69, 9.17) is 23.2 Å². The number of carbonyl (C=O) groups excluding carboxylic acids is 1. The molecule has 0 fully saturated rings. The van der Waals surface area contributed by atoms with E-state index >= 15 is 0 Å². The van der Waals surface area contributed by atoms with E-state index in [0.29, 0.717) is 10.0 Å². The van der Waals surface area contributed by atoms with E-state index in [-0.39, 0.29) is 17.7 Å². The fourth-order valence-corrected chi connectivity index (χ4v) is 1.88. The maximum absolute atomic E-state index is 11.1. The van der Waals surface area contributed by atoms with Crippen molar-refractivity contribution in [3.05, 3.63) is 33.8 Å². The molecule has 0 radical (unpaired) electrons. The first-order valence-electron chi connectivity index (χ1n) is 4.39. The van der Waals surface area contributed by atoms with E-state index in [1.807, 2.05) is 6.92 Å². The van der Waals surface area contributed by atoms with Crippen molar-refractivity contribution in [3.63, 3.8) is 0 Å². The predicted molar refractivity (Wildman–Crippen MR) is 66.9 cm³/mol. The Morgan fingerprint density at radius 1 is 1.53 bits per heavy atom. The highest BCUT2D eigenvalue weighted by molar-refractivity contribution is 7.81. The molecule has 0 saturated heterocycles. The van der Waals surface area contributed by atoms with Gasteiger partial charge in [0, 0.05) is 10.0 Å². The molecule has 5 heteroatoms. The van der Waals surface area contributed by atoms with Gasteiger partial charge in [-0.15, -0.1) is 0 Å². The summed E-state index contributed by atoms with van der Waals surface area (Å²) in [5.41, 5.74) is 0.844. The van der Waals surface area contributed by atoms with Crippen LogP contribution in [0.4, 0.5) is 0 Å². The number of carbonyl (C=O) groups is 1. The van der Waals surface area contributed by atoms with Gasteiger partial charge in [-0.3, -0.25) is 4.79 Å². The molecule has 1 amide bonds. The molecular weight excluding hydrogens is 253 g/mol. The first-order valence-corrected chi connectivity index (χ1v) is 5.78. The molecule has 1 atom stereocenters. The fourth-order valence-electron chi connectivity index (χ4n) is 1.22. The molecule has 1 unspecified atom stereocenters. The molecule has 2 nitrogen and oxygen atoms in total. The van der Waals surface area contributed by atoms with Gasteiger partial charge < -0.3 is 5.32 Å². The summed E-state index contributed by atoms with van der Waals surface area (Å²) in [6, 6.07) is 5.05. The van der Waals surface area contributed by atoms with Crippen LogP contribution in [0.5, 0.6) is 0 Å². The highest BCUT2D eigenvalue weighted by atomic mass is 35.5. The van der Waals surface area contributed by atoms with Crippen molar-refractivity contribution >= 4 is 41.7 Å². The number of rotatable bonds is 3. The summed E-state index contributed by atoms with van der Waals surface area (Å²) in [6.07, 6.45) is 0. The summed E-state index contributed by atoms with van der Waals surface area (Å²) < 4.78 is 0. The van der Waals surface area contributed by atoms with Crippen molar-refractivity contribution in [2.24, 2.45) is 0 Å². The molecule has 0 bridgehead atoms. The van der Waals surface area contributed by atoms with Crippen LogP contribution in [0.3, 0.4) is 0 Å². The minimum Gasteiger partial charge on any atom is -0.349 e. The van der Waals surface area contributed by atoms with E-state index in [1.165, 1.54) is 0 Å². The van der Waals surface area contributed by atoms with Gasteiger partial charge in [-0.05, 0) is 24.6 Å². The fraction of sp³-hybridized carbons (Fsp3) is 0.300. The van der Waals surface area contributed by atoms with Gasteiger partial charge in [0.05, 0.1) is 11.8 Å². The summed E-state index contributed by atoms with van der Waals surface area (Å²) in [5.74, 6) is 0.0343. The number of hydrogen-bond acceptors (Lipinski definition) is 2. The molecule has 0 aliphatic carbocycles. The van der Waals surface area contributed by atoms with Crippen LogP contribution in [0.1, 0.15) is 18.5 Å². The van der Waals surface area contributed by atoms with Crippen LogP contribution in [-0.4, -0.2) is 11.7 Å². The van der Waals surface area contributed by atoms with Crippen molar-refractivity contribution in [2.75, 3.05) is 5.75 Å². The third-order valence-corrected chi connectivity index (χ3v) is 2.80. The Bertz CT molecular complexity index is 370. The van der Waals surface area contributed by atoms with Crippen LogP contribution >= 0.6 is 35.8 Å². The van der Waals surface area contributed by atoms with Crippen LogP contribution in [0.15, 0.2) is 18.2 Å². The van der Waals surface area contributed by atoms with Gasteiger partial charge in [-0.1, -0.05) is 29.3 Å². The number of hydrogen-bond donors (Lipinski definition) is 2. The lowest BCUT2D eigenvalue weighted by Crippen LogP contribution is -2.27. The predicted octanol–water partition coefficient (Wildman–Crippen LogP) is 3.10. The minimum absolute atomic E-state index is 0.128. The van der Waals surface area contributed by atoms with Gasteiger partial charge in [0.1, 0.15) is 0 Å². The minimum atomic E-state index is -0.144. The Kier molecular flexibility index (Phi) is 4.77. The van der Waals surface area contributed by atoms with Crippen molar-refractivity contribution in [1.82, 2.24) is 5.32 Å². The highest BCUT2D eigenvalue weighted by Gasteiger charge is 2.11. The summed E-state index contributed by atoms with van der Waals surface area (Å²) in [4.78, 5) is 11.1. The summed E-state index contributed by atoms with van der Waals surface area (Å²) in [5, 5.41) is 3.89. The lowest BCUT2D eigenvalue weighted by molar-refractivity contribution is -0.119. The van der Waals surface area contributed by atoms with Crippen LogP contribution in [0, 0.1) is 0 Å². The van der Waals surface area contributed by atoms with Gasteiger partial charge in [0.25, 0.3) is 0 Å². The molecule has 1 aromatic carbocycles. The molecular formula is C10H11Cl2NOS. The first-order chi connectivity index (χ1) is 7.04. The highest BCUT2D eigenvalue weighted by Crippen LogP contribution is 2.25. The Morgan fingerprint density at radius 3 is 2.73 bits per heavy atom. The van der Waals surface area contributed by atoms with Crippen molar-refractivity contribution in [3.8, 4) is 0 Å². The van der Waals surface area contributed by atoms with Gasteiger partial charge in [-0.25, -0.2) is 0 Å². The van der Waals surface area contributed by atoms with E-state index < -0.39 is 0 Å². The molecule has 0 aromatic heterocycles. The molecule has 82 valence electrons. The molecule has 0 aliphatic rings. The summed E-state index contributed by atoms with van der Waals surface area (Å²) in [7, 11) is 0. The van der Waals surface area contributed by atoms with Gasteiger partial charge in [0.15, 0.2) is 0 Å². The largest absolute Gasteiger partial charge is 0.349 e. The number of thiol groups is 1. The quantitative estimate of drug-likeness (QED) is 0.807. The smallest absolute Gasteiger partial charge is 0.230 e. The van der Waals surface area contributed by atoms with Gasteiger partial charge in [-0.2, -0.15) is 12.6 Å². The monoisotopic (exact) mass is 263 g/mol. The van der Waals surface area contributed by atoms with Crippen LogP contribution in [0.2, 0.25) is 10.0 Å². The van der Waals surface area contributed by atoms with Crippen molar-refractivity contribution in [1.29, 1.82) is 0 Å².